The van der Waals surface area contributed by atoms with Crippen LogP contribution in [0.15, 0.2) is 56.7 Å². The first-order chi connectivity index (χ1) is 15.6. The van der Waals surface area contributed by atoms with E-state index in [0.29, 0.717) is 29.4 Å². The van der Waals surface area contributed by atoms with Crippen molar-refractivity contribution in [1.29, 1.82) is 0 Å². The average Bonchev–Trinajstić information content (AvgIpc) is 3.54. The summed E-state index contributed by atoms with van der Waals surface area (Å²) in [4.78, 5) is 32.4. The first kappa shape index (κ1) is 23.6. The standard InChI is InChI=1S/C25H33N5O2S/c1-16(2)13-14-28-20-21(27-23(28)33-25(4,5)15-26)30(19-11-12-19)24(32)29(22(20)31)17(3)18-9-7-6-8-10-18/h6-10,13,17,19H,11-12,14-15,26H2,1-5H3. The Bertz CT molecular complexity index is 1310. The molecule has 2 aromatic heterocycles. The Morgan fingerprint density at radius 2 is 1.91 bits per heavy atom. The molecule has 0 bridgehead atoms. The minimum absolute atomic E-state index is 0.0852. The van der Waals surface area contributed by atoms with Crippen molar-refractivity contribution in [2.45, 2.75) is 76.0 Å². The fourth-order valence-electron chi connectivity index (χ4n) is 3.90. The predicted octanol–water partition coefficient (Wildman–Crippen LogP) is 4.10. The molecule has 2 heterocycles. The number of benzene rings is 1. The van der Waals surface area contributed by atoms with E-state index < -0.39 is 0 Å². The van der Waals surface area contributed by atoms with Crippen LogP contribution in [0.3, 0.4) is 0 Å². The van der Waals surface area contributed by atoms with Gasteiger partial charge >= 0.3 is 5.69 Å². The van der Waals surface area contributed by atoms with E-state index >= 15 is 0 Å². The van der Waals surface area contributed by atoms with Crippen molar-refractivity contribution < 1.29 is 0 Å². The molecule has 1 aliphatic rings. The molecule has 1 atom stereocenters. The summed E-state index contributed by atoms with van der Waals surface area (Å²) >= 11 is 1.55. The lowest BCUT2D eigenvalue weighted by atomic mass is 10.1. The van der Waals surface area contributed by atoms with Gasteiger partial charge in [0.2, 0.25) is 0 Å². The van der Waals surface area contributed by atoms with Crippen LogP contribution in [0, 0.1) is 0 Å². The summed E-state index contributed by atoms with van der Waals surface area (Å²) in [5.41, 5.74) is 8.47. The summed E-state index contributed by atoms with van der Waals surface area (Å²) in [7, 11) is 0. The third-order valence-electron chi connectivity index (χ3n) is 6.10. The summed E-state index contributed by atoms with van der Waals surface area (Å²) in [5.74, 6) is 0. The second-order valence-corrected chi connectivity index (χ2v) is 11.3. The molecule has 176 valence electrons. The summed E-state index contributed by atoms with van der Waals surface area (Å²) in [6, 6.07) is 9.39. The second-order valence-electron chi connectivity index (χ2n) is 9.67. The van der Waals surface area contributed by atoms with E-state index in [1.807, 2.05) is 55.7 Å². The zero-order valence-corrected chi connectivity index (χ0v) is 20.9. The molecule has 3 aromatic rings. The van der Waals surface area contributed by atoms with Gasteiger partial charge in [-0.2, -0.15) is 0 Å². The minimum atomic E-state index is -0.385. The molecule has 8 heteroatoms. The Kier molecular flexibility index (Phi) is 6.42. The van der Waals surface area contributed by atoms with E-state index in [2.05, 4.69) is 19.9 Å². The highest BCUT2D eigenvalue weighted by Crippen LogP contribution is 2.37. The SMILES string of the molecule is CC(C)=CCn1c(SC(C)(C)CN)nc2c1c(=O)n(C(C)c1ccccc1)c(=O)n2C1CC1. The first-order valence-electron chi connectivity index (χ1n) is 11.5. The summed E-state index contributed by atoms with van der Waals surface area (Å²) in [6.07, 6.45) is 3.92. The molecule has 0 saturated heterocycles. The van der Waals surface area contributed by atoms with Crippen LogP contribution in [0.25, 0.3) is 11.2 Å². The number of imidazole rings is 1. The van der Waals surface area contributed by atoms with Crippen LogP contribution in [0.2, 0.25) is 0 Å². The molecule has 2 N–H and O–H groups in total. The number of nitrogens with zero attached hydrogens (tertiary/aromatic N) is 4. The highest BCUT2D eigenvalue weighted by atomic mass is 32.2. The molecule has 1 fully saturated rings. The van der Waals surface area contributed by atoms with E-state index in [0.717, 1.165) is 24.0 Å². The number of allylic oxidation sites excluding steroid dienone is 2. The Hall–Kier alpha value is -2.58. The van der Waals surface area contributed by atoms with Crippen molar-refractivity contribution >= 4 is 22.9 Å². The number of thioether (sulfide) groups is 1. The van der Waals surface area contributed by atoms with Crippen molar-refractivity contribution in [1.82, 2.24) is 18.7 Å². The maximum absolute atomic E-state index is 13.9. The number of aromatic nitrogens is 4. The predicted molar refractivity (Wildman–Crippen MR) is 135 cm³/mol. The van der Waals surface area contributed by atoms with E-state index in [9.17, 15) is 9.59 Å². The number of fused-ring (bicyclic) bond motifs is 1. The van der Waals surface area contributed by atoms with Crippen molar-refractivity contribution in [3.05, 3.63) is 68.4 Å². The van der Waals surface area contributed by atoms with E-state index in [1.165, 1.54) is 4.57 Å². The zero-order valence-electron chi connectivity index (χ0n) is 20.0. The molecule has 0 spiro atoms. The smallest absolute Gasteiger partial charge is 0.329 e. The van der Waals surface area contributed by atoms with Gasteiger partial charge in [-0.1, -0.05) is 53.7 Å². The van der Waals surface area contributed by atoms with Crippen molar-refractivity contribution in [2.24, 2.45) is 5.73 Å². The molecule has 0 aliphatic heterocycles. The molecule has 0 amide bonds. The minimum Gasteiger partial charge on any atom is -0.329 e. The van der Waals surface area contributed by atoms with Crippen LogP contribution in [-0.4, -0.2) is 30.0 Å². The number of nitrogens with two attached hydrogens (primary N) is 1. The fourth-order valence-corrected chi connectivity index (χ4v) is 4.89. The molecule has 4 rings (SSSR count). The number of hydrogen-bond acceptors (Lipinski definition) is 5. The summed E-state index contributed by atoms with van der Waals surface area (Å²) in [5, 5.41) is 0.717. The number of rotatable bonds is 8. The normalized spacial score (nSPS) is 15.1. The van der Waals surface area contributed by atoms with Gasteiger partial charge in [0, 0.05) is 23.9 Å². The van der Waals surface area contributed by atoms with E-state index in [4.69, 9.17) is 10.7 Å². The lowest BCUT2D eigenvalue weighted by Crippen LogP contribution is -2.42. The van der Waals surface area contributed by atoms with Crippen molar-refractivity contribution in [3.63, 3.8) is 0 Å². The highest BCUT2D eigenvalue weighted by Gasteiger charge is 2.33. The van der Waals surface area contributed by atoms with Crippen LogP contribution < -0.4 is 17.0 Å². The van der Waals surface area contributed by atoms with Crippen molar-refractivity contribution in [3.8, 4) is 0 Å². The maximum atomic E-state index is 13.9. The third-order valence-corrected chi connectivity index (χ3v) is 7.31. The van der Waals surface area contributed by atoms with E-state index in [1.54, 1.807) is 16.3 Å². The Labute approximate surface area is 198 Å². The van der Waals surface area contributed by atoms with Gasteiger partial charge in [0.1, 0.15) is 0 Å². The van der Waals surface area contributed by atoms with Gasteiger partial charge in [0.05, 0.1) is 6.04 Å². The Balaban J connectivity index is 2.03. The quantitative estimate of drug-likeness (QED) is 0.398. The van der Waals surface area contributed by atoms with Gasteiger partial charge in [-0.15, -0.1) is 0 Å². The lowest BCUT2D eigenvalue weighted by molar-refractivity contribution is 0.538. The topological polar surface area (TPSA) is 87.8 Å². The molecule has 1 aromatic carbocycles. The molecule has 7 nitrogen and oxygen atoms in total. The monoisotopic (exact) mass is 467 g/mol. The Morgan fingerprint density at radius 1 is 1.24 bits per heavy atom. The van der Waals surface area contributed by atoms with Crippen LogP contribution in [0.5, 0.6) is 0 Å². The van der Waals surface area contributed by atoms with Crippen LogP contribution in [0.4, 0.5) is 0 Å². The summed E-state index contributed by atoms with van der Waals surface area (Å²) in [6.45, 7) is 11.1. The zero-order chi connectivity index (χ0) is 23.9. The van der Waals surface area contributed by atoms with Gasteiger partial charge in [-0.25, -0.2) is 9.78 Å². The van der Waals surface area contributed by atoms with Gasteiger partial charge in [-0.05, 0) is 53.0 Å². The van der Waals surface area contributed by atoms with Crippen LogP contribution >= 0.6 is 11.8 Å². The van der Waals surface area contributed by atoms with Gasteiger partial charge in [-0.3, -0.25) is 13.9 Å². The molecular weight excluding hydrogens is 434 g/mol. The van der Waals surface area contributed by atoms with Gasteiger partial charge in [0.25, 0.3) is 5.56 Å². The molecule has 1 aliphatic carbocycles. The molecule has 33 heavy (non-hydrogen) atoms. The molecule has 1 unspecified atom stereocenters. The van der Waals surface area contributed by atoms with Gasteiger partial charge in [0.15, 0.2) is 16.3 Å². The van der Waals surface area contributed by atoms with Crippen molar-refractivity contribution in [2.75, 3.05) is 6.54 Å². The average molecular weight is 468 g/mol. The largest absolute Gasteiger partial charge is 0.333 e. The highest BCUT2D eigenvalue weighted by molar-refractivity contribution is 8.00. The second kappa shape index (κ2) is 8.99. The maximum Gasteiger partial charge on any atom is 0.333 e. The Morgan fingerprint density at radius 3 is 2.48 bits per heavy atom. The lowest BCUT2D eigenvalue weighted by Gasteiger charge is -2.21. The summed E-state index contributed by atoms with van der Waals surface area (Å²) < 4.78 is 4.85. The van der Waals surface area contributed by atoms with Gasteiger partial charge < -0.3 is 10.3 Å². The van der Waals surface area contributed by atoms with Crippen LogP contribution in [0.1, 0.15) is 65.1 Å². The van der Waals surface area contributed by atoms with Crippen LogP contribution in [-0.2, 0) is 6.54 Å². The van der Waals surface area contributed by atoms with E-state index in [-0.39, 0.29) is 28.1 Å². The third kappa shape index (κ3) is 4.59. The first-order valence-corrected chi connectivity index (χ1v) is 12.3. The molecular formula is C25H33N5O2S. The molecule has 1 saturated carbocycles. The molecule has 0 radical (unpaired) electrons. The number of hydrogen-bond donors (Lipinski definition) is 1. The fraction of sp³-hybridized carbons (Fsp3) is 0.480.